The molecule has 2 aliphatic heterocycles. The minimum atomic E-state index is 0.706. The summed E-state index contributed by atoms with van der Waals surface area (Å²) in [6.07, 6.45) is 5.88. The van der Waals surface area contributed by atoms with E-state index >= 15 is 0 Å². The first kappa shape index (κ1) is 11.6. The molecule has 2 saturated heterocycles. The summed E-state index contributed by atoms with van der Waals surface area (Å²) in [4.78, 5) is 6.99. The number of nitrogens with one attached hydrogen (secondary N) is 1. The third kappa shape index (κ3) is 2.87. The molecule has 2 fully saturated rings. The molecule has 1 N–H and O–H groups in total. The van der Waals surface area contributed by atoms with Crippen molar-refractivity contribution in [1.82, 2.24) is 15.2 Å². The first-order valence-corrected chi connectivity index (χ1v) is 7.18. The van der Waals surface area contributed by atoms with Crippen LogP contribution in [0.4, 0.5) is 0 Å². The van der Waals surface area contributed by atoms with E-state index in [2.05, 4.69) is 43.3 Å². The quantitative estimate of drug-likeness (QED) is 0.906. The molecule has 0 aliphatic carbocycles. The molecular weight excluding hydrogens is 278 g/mol. The fourth-order valence-electron chi connectivity index (χ4n) is 2.89. The minimum absolute atomic E-state index is 0.706. The molecule has 2 atom stereocenters. The number of fused-ring (bicyclic) bond motifs is 2. The van der Waals surface area contributed by atoms with Gasteiger partial charge >= 0.3 is 0 Å². The van der Waals surface area contributed by atoms with E-state index in [9.17, 15) is 0 Å². The van der Waals surface area contributed by atoms with Crippen LogP contribution in [0.2, 0.25) is 0 Å². The van der Waals surface area contributed by atoms with Crippen molar-refractivity contribution in [2.45, 2.75) is 37.9 Å². The zero-order valence-corrected chi connectivity index (χ0v) is 11.5. The molecule has 1 aromatic rings. The Morgan fingerprint density at radius 3 is 3.00 bits per heavy atom. The largest absolute Gasteiger partial charge is 0.310 e. The lowest BCUT2D eigenvalue weighted by atomic mass is 10.1. The number of hydrogen-bond acceptors (Lipinski definition) is 3. The van der Waals surface area contributed by atoms with Crippen LogP contribution >= 0.6 is 15.9 Å². The Balaban J connectivity index is 1.63. The van der Waals surface area contributed by atoms with Crippen molar-refractivity contribution in [3.05, 3.63) is 28.5 Å². The van der Waals surface area contributed by atoms with Crippen LogP contribution in [0.1, 0.15) is 25.0 Å². The lowest BCUT2D eigenvalue weighted by Crippen LogP contribution is -2.35. The van der Waals surface area contributed by atoms with E-state index in [1.165, 1.54) is 38.0 Å². The van der Waals surface area contributed by atoms with E-state index in [4.69, 9.17) is 0 Å². The second kappa shape index (κ2) is 5.04. The SMILES string of the molecule is Brc1ccc(CN2CCC3CCC(C2)N3)nc1. The van der Waals surface area contributed by atoms with Gasteiger partial charge in [-0.25, -0.2) is 0 Å². The second-order valence-corrected chi connectivity index (χ2v) is 6.05. The topological polar surface area (TPSA) is 28.2 Å². The Bertz CT molecular complexity index is 379. The van der Waals surface area contributed by atoms with E-state index < -0.39 is 0 Å². The fraction of sp³-hybridized carbons (Fsp3) is 0.615. The van der Waals surface area contributed by atoms with Gasteiger partial charge in [-0.05, 0) is 47.3 Å². The molecule has 3 rings (SSSR count). The van der Waals surface area contributed by atoms with Gasteiger partial charge in [0.15, 0.2) is 0 Å². The standard InChI is InChI=1S/C13H18BrN3/c14-10-1-2-12(15-7-10)8-17-6-5-11-3-4-13(9-17)16-11/h1-2,7,11,13,16H,3-6,8-9H2. The molecule has 92 valence electrons. The molecule has 2 bridgehead atoms. The predicted molar refractivity (Wildman–Crippen MR) is 71.8 cm³/mol. The fourth-order valence-corrected chi connectivity index (χ4v) is 3.12. The summed E-state index contributed by atoms with van der Waals surface area (Å²) < 4.78 is 1.05. The van der Waals surface area contributed by atoms with Crippen molar-refractivity contribution >= 4 is 15.9 Å². The first-order valence-electron chi connectivity index (χ1n) is 6.38. The zero-order chi connectivity index (χ0) is 11.7. The molecule has 3 heterocycles. The molecule has 17 heavy (non-hydrogen) atoms. The number of aromatic nitrogens is 1. The molecule has 3 nitrogen and oxygen atoms in total. The van der Waals surface area contributed by atoms with Gasteiger partial charge in [0, 0.05) is 42.4 Å². The molecule has 4 heteroatoms. The number of halogens is 1. The third-order valence-electron chi connectivity index (χ3n) is 3.78. The average molecular weight is 296 g/mol. The van der Waals surface area contributed by atoms with Gasteiger partial charge in [-0.15, -0.1) is 0 Å². The second-order valence-electron chi connectivity index (χ2n) is 5.13. The summed E-state index contributed by atoms with van der Waals surface area (Å²) >= 11 is 3.42. The van der Waals surface area contributed by atoms with Crippen molar-refractivity contribution in [3.8, 4) is 0 Å². The highest BCUT2D eigenvalue weighted by molar-refractivity contribution is 9.10. The summed E-state index contributed by atoms with van der Waals surface area (Å²) in [5.41, 5.74) is 1.17. The maximum absolute atomic E-state index is 4.46. The normalized spacial score (nSPS) is 29.2. The Morgan fingerprint density at radius 2 is 2.18 bits per heavy atom. The number of rotatable bonds is 2. The van der Waals surface area contributed by atoms with Crippen LogP contribution in [-0.2, 0) is 6.54 Å². The van der Waals surface area contributed by atoms with E-state index in [0.29, 0.717) is 6.04 Å². The van der Waals surface area contributed by atoms with Gasteiger partial charge in [0.1, 0.15) is 0 Å². The molecular formula is C13H18BrN3. The zero-order valence-electron chi connectivity index (χ0n) is 9.90. The van der Waals surface area contributed by atoms with Crippen molar-refractivity contribution in [1.29, 1.82) is 0 Å². The monoisotopic (exact) mass is 295 g/mol. The van der Waals surface area contributed by atoms with E-state index in [1.807, 2.05) is 6.20 Å². The summed E-state index contributed by atoms with van der Waals surface area (Å²) in [5.74, 6) is 0. The van der Waals surface area contributed by atoms with E-state index in [-0.39, 0.29) is 0 Å². The van der Waals surface area contributed by atoms with Gasteiger partial charge < -0.3 is 5.32 Å². The molecule has 2 aliphatic rings. The Kier molecular flexibility index (Phi) is 3.45. The highest BCUT2D eigenvalue weighted by atomic mass is 79.9. The molecule has 0 spiro atoms. The van der Waals surface area contributed by atoms with E-state index in [1.54, 1.807) is 0 Å². The van der Waals surface area contributed by atoms with Gasteiger partial charge in [-0.2, -0.15) is 0 Å². The van der Waals surface area contributed by atoms with Crippen LogP contribution in [0.15, 0.2) is 22.8 Å². The first-order chi connectivity index (χ1) is 8.29. The van der Waals surface area contributed by atoms with Crippen molar-refractivity contribution in [2.24, 2.45) is 0 Å². The molecule has 0 amide bonds. The third-order valence-corrected chi connectivity index (χ3v) is 4.25. The average Bonchev–Trinajstić information content (AvgIpc) is 2.66. The van der Waals surface area contributed by atoms with Gasteiger partial charge in [0.05, 0.1) is 5.69 Å². The lowest BCUT2D eigenvalue weighted by molar-refractivity contribution is 0.248. The van der Waals surface area contributed by atoms with Gasteiger partial charge in [-0.1, -0.05) is 0 Å². The molecule has 0 saturated carbocycles. The van der Waals surface area contributed by atoms with E-state index in [0.717, 1.165) is 17.1 Å². The number of pyridine rings is 1. The van der Waals surface area contributed by atoms with Crippen LogP contribution < -0.4 is 5.32 Å². The Hall–Kier alpha value is -0.450. The van der Waals surface area contributed by atoms with Crippen LogP contribution in [-0.4, -0.2) is 35.1 Å². The number of hydrogen-bond donors (Lipinski definition) is 1. The Morgan fingerprint density at radius 1 is 1.29 bits per heavy atom. The van der Waals surface area contributed by atoms with Crippen LogP contribution in [0.5, 0.6) is 0 Å². The van der Waals surface area contributed by atoms with Gasteiger partial charge in [0.25, 0.3) is 0 Å². The summed E-state index contributed by atoms with van der Waals surface area (Å²) in [6.45, 7) is 3.36. The molecule has 0 radical (unpaired) electrons. The molecule has 0 aromatic carbocycles. The van der Waals surface area contributed by atoms with Crippen molar-refractivity contribution in [2.75, 3.05) is 13.1 Å². The maximum atomic E-state index is 4.46. The molecule has 1 aromatic heterocycles. The summed E-state index contributed by atoms with van der Waals surface area (Å²) in [5, 5.41) is 3.71. The van der Waals surface area contributed by atoms with Crippen LogP contribution in [0.25, 0.3) is 0 Å². The minimum Gasteiger partial charge on any atom is -0.310 e. The predicted octanol–water partition coefficient (Wildman–Crippen LogP) is 2.17. The smallest absolute Gasteiger partial charge is 0.0544 e. The van der Waals surface area contributed by atoms with Crippen molar-refractivity contribution < 1.29 is 0 Å². The number of nitrogens with zero attached hydrogens (tertiary/aromatic N) is 2. The maximum Gasteiger partial charge on any atom is 0.0544 e. The summed E-state index contributed by atoms with van der Waals surface area (Å²) in [6, 6.07) is 5.66. The molecule has 2 unspecified atom stereocenters. The van der Waals surface area contributed by atoms with Crippen LogP contribution in [0.3, 0.4) is 0 Å². The Labute approximate surface area is 111 Å². The summed E-state index contributed by atoms with van der Waals surface area (Å²) in [7, 11) is 0. The lowest BCUT2D eigenvalue weighted by Gasteiger charge is -2.23. The highest BCUT2D eigenvalue weighted by Gasteiger charge is 2.29. The van der Waals surface area contributed by atoms with Crippen LogP contribution in [0, 0.1) is 0 Å². The number of likely N-dealkylation sites (tertiary alicyclic amines) is 1. The van der Waals surface area contributed by atoms with Gasteiger partial charge in [-0.3, -0.25) is 9.88 Å². The van der Waals surface area contributed by atoms with Gasteiger partial charge in [0.2, 0.25) is 0 Å². The van der Waals surface area contributed by atoms with Crippen molar-refractivity contribution in [3.63, 3.8) is 0 Å². The highest BCUT2D eigenvalue weighted by Crippen LogP contribution is 2.21.